The molecule has 0 aromatic rings. The molecule has 0 rings (SSSR count). The molecule has 0 aromatic carbocycles. The molecule has 6 nitrogen and oxygen atoms in total. The number of hydrogen-bond donors (Lipinski definition) is 0. The van der Waals surface area contributed by atoms with Gasteiger partial charge >= 0.3 is 17.9 Å². The van der Waals surface area contributed by atoms with Crippen LogP contribution in [-0.4, -0.2) is 37.2 Å². The molecule has 6 heteroatoms. The van der Waals surface area contributed by atoms with Crippen molar-refractivity contribution in [3.63, 3.8) is 0 Å². The molecule has 0 bridgehead atoms. The second-order valence-corrected chi connectivity index (χ2v) is 15.0. The number of hydrogen-bond acceptors (Lipinski definition) is 6. The molecular weight excluding hydrogens is 661 g/mol. The van der Waals surface area contributed by atoms with E-state index < -0.39 is 6.10 Å². The molecule has 1 unspecified atom stereocenters. The number of unbranched alkanes of at least 4 members (excludes halogenated alkanes) is 23. The minimum absolute atomic E-state index is 0.0785. The van der Waals surface area contributed by atoms with Gasteiger partial charge in [0.25, 0.3) is 0 Å². The first kappa shape index (κ1) is 50.6. The van der Waals surface area contributed by atoms with Crippen molar-refractivity contribution < 1.29 is 28.6 Å². The maximum Gasteiger partial charge on any atom is 0.306 e. The Labute approximate surface area is 327 Å². The zero-order chi connectivity index (χ0) is 38.7. The van der Waals surface area contributed by atoms with Gasteiger partial charge in [0.05, 0.1) is 0 Å². The Balaban J connectivity index is 4.38. The summed E-state index contributed by atoms with van der Waals surface area (Å²) in [7, 11) is 0. The van der Waals surface area contributed by atoms with Gasteiger partial charge in [0.15, 0.2) is 6.10 Å². The molecule has 0 aliphatic heterocycles. The van der Waals surface area contributed by atoms with E-state index in [0.29, 0.717) is 19.3 Å². The number of carbonyl (C=O) groups is 3. The number of rotatable bonds is 40. The summed E-state index contributed by atoms with van der Waals surface area (Å²) < 4.78 is 16.7. The molecule has 0 heterocycles. The third kappa shape index (κ3) is 40.6. The van der Waals surface area contributed by atoms with Crippen molar-refractivity contribution in [3.05, 3.63) is 36.5 Å². The van der Waals surface area contributed by atoms with Gasteiger partial charge in [-0.1, -0.05) is 173 Å². The molecule has 1 atom stereocenters. The Hall–Kier alpha value is -2.37. The number of esters is 3. The highest BCUT2D eigenvalue weighted by atomic mass is 16.6. The Morgan fingerprint density at radius 3 is 1.15 bits per heavy atom. The van der Waals surface area contributed by atoms with Gasteiger partial charge in [0, 0.05) is 19.3 Å². The van der Waals surface area contributed by atoms with Crippen LogP contribution < -0.4 is 0 Å². The van der Waals surface area contributed by atoms with E-state index in [1.165, 1.54) is 96.3 Å². The fourth-order valence-corrected chi connectivity index (χ4v) is 6.16. The van der Waals surface area contributed by atoms with Crippen LogP contribution in [0.25, 0.3) is 0 Å². The SMILES string of the molecule is CCCC/C=C\C/C=C\CCCCCCCC(=O)OCC(COC(=O)CCCCCCCCCCC)OC(=O)CCCCCCC/C=C\CCCCC. The summed E-state index contributed by atoms with van der Waals surface area (Å²) in [4.78, 5) is 37.6. The average molecular weight is 745 g/mol. The van der Waals surface area contributed by atoms with Crippen molar-refractivity contribution in [2.45, 2.75) is 232 Å². The minimum atomic E-state index is -0.775. The van der Waals surface area contributed by atoms with Crippen molar-refractivity contribution in [1.82, 2.24) is 0 Å². The van der Waals surface area contributed by atoms with Crippen LogP contribution >= 0.6 is 0 Å². The number of allylic oxidation sites excluding steroid dienone is 6. The van der Waals surface area contributed by atoms with Crippen molar-refractivity contribution in [2.75, 3.05) is 13.2 Å². The van der Waals surface area contributed by atoms with E-state index in [2.05, 4.69) is 57.2 Å². The van der Waals surface area contributed by atoms with E-state index in [9.17, 15) is 14.4 Å². The van der Waals surface area contributed by atoms with Crippen LogP contribution in [0.3, 0.4) is 0 Å². The zero-order valence-corrected chi connectivity index (χ0v) is 35.0. The van der Waals surface area contributed by atoms with Crippen LogP contribution in [0.2, 0.25) is 0 Å². The molecule has 0 saturated carbocycles. The van der Waals surface area contributed by atoms with E-state index in [4.69, 9.17) is 14.2 Å². The molecule has 53 heavy (non-hydrogen) atoms. The molecular formula is C47H84O6. The average Bonchev–Trinajstić information content (AvgIpc) is 3.15. The van der Waals surface area contributed by atoms with Crippen LogP contribution in [0.1, 0.15) is 226 Å². The fourth-order valence-electron chi connectivity index (χ4n) is 6.16. The van der Waals surface area contributed by atoms with Gasteiger partial charge in [-0.15, -0.1) is 0 Å². The van der Waals surface area contributed by atoms with Crippen LogP contribution in [0.4, 0.5) is 0 Å². The molecule has 0 N–H and O–H groups in total. The van der Waals surface area contributed by atoms with E-state index >= 15 is 0 Å². The van der Waals surface area contributed by atoms with Crippen molar-refractivity contribution in [2.24, 2.45) is 0 Å². The highest BCUT2D eigenvalue weighted by Gasteiger charge is 2.19. The molecule has 0 radical (unpaired) electrons. The summed E-state index contributed by atoms with van der Waals surface area (Å²) in [6, 6.07) is 0. The summed E-state index contributed by atoms with van der Waals surface area (Å²) in [5.41, 5.74) is 0. The van der Waals surface area contributed by atoms with Gasteiger partial charge in [0.1, 0.15) is 13.2 Å². The molecule has 0 spiro atoms. The normalized spacial score (nSPS) is 12.3. The van der Waals surface area contributed by atoms with E-state index in [-0.39, 0.29) is 31.1 Å². The Morgan fingerprint density at radius 1 is 0.377 bits per heavy atom. The first-order valence-corrected chi connectivity index (χ1v) is 22.5. The Bertz CT molecular complexity index is 907. The smallest absolute Gasteiger partial charge is 0.306 e. The number of carbonyl (C=O) groups excluding carboxylic acids is 3. The number of ether oxygens (including phenoxy) is 3. The van der Waals surface area contributed by atoms with Gasteiger partial charge in [0.2, 0.25) is 0 Å². The monoisotopic (exact) mass is 745 g/mol. The minimum Gasteiger partial charge on any atom is -0.462 e. The van der Waals surface area contributed by atoms with Crippen LogP contribution in [0, 0.1) is 0 Å². The fraction of sp³-hybridized carbons (Fsp3) is 0.809. The summed E-state index contributed by atoms with van der Waals surface area (Å²) in [6.07, 6.45) is 46.9. The molecule has 0 aromatic heterocycles. The van der Waals surface area contributed by atoms with Crippen molar-refractivity contribution >= 4 is 17.9 Å². The maximum atomic E-state index is 12.7. The molecule has 308 valence electrons. The first-order chi connectivity index (χ1) is 26.0. The molecule has 0 fully saturated rings. The van der Waals surface area contributed by atoms with Gasteiger partial charge in [-0.05, 0) is 70.6 Å². The van der Waals surface area contributed by atoms with E-state index in [1.807, 2.05) is 0 Å². The molecule has 0 aliphatic carbocycles. The van der Waals surface area contributed by atoms with Gasteiger partial charge in [-0.25, -0.2) is 0 Å². The lowest BCUT2D eigenvalue weighted by Gasteiger charge is -2.18. The lowest BCUT2D eigenvalue weighted by Crippen LogP contribution is -2.30. The van der Waals surface area contributed by atoms with Crippen LogP contribution in [0.15, 0.2) is 36.5 Å². The Morgan fingerprint density at radius 2 is 0.698 bits per heavy atom. The maximum absolute atomic E-state index is 12.7. The van der Waals surface area contributed by atoms with Crippen molar-refractivity contribution in [3.8, 4) is 0 Å². The topological polar surface area (TPSA) is 78.9 Å². The molecule has 0 amide bonds. The summed E-state index contributed by atoms with van der Waals surface area (Å²) in [5, 5.41) is 0. The summed E-state index contributed by atoms with van der Waals surface area (Å²) >= 11 is 0. The van der Waals surface area contributed by atoms with E-state index in [1.54, 1.807) is 0 Å². The van der Waals surface area contributed by atoms with Gasteiger partial charge in [-0.3, -0.25) is 14.4 Å². The second-order valence-electron chi connectivity index (χ2n) is 15.0. The van der Waals surface area contributed by atoms with Crippen LogP contribution in [0.5, 0.6) is 0 Å². The van der Waals surface area contributed by atoms with Gasteiger partial charge in [-0.2, -0.15) is 0 Å². The third-order valence-corrected chi connectivity index (χ3v) is 9.62. The van der Waals surface area contributed by atoms with Crippen molar-refractivity contribution in [1.29, 1.82) is 0 Å². The summed E-state index contributed by atoms with van der Waals surface area (Å²) in [5.74, 6) is -0.905. The lowest BCUT2D eigenvalue weighted by atomic mass is 10.1. The largest absolute Gasteiger partial charge is 0.462 e. The van der Waals surface area contributed by atoms with Gasteiger partial charge < -0.3 is 14.2 Å². The summed E-state index contributed by atoms with van der Waals surface area (Å²) in [6.45, 7) is 6.52. The Kier molecular flexibility index (Phi) is 40.5. The molecule has 0 saturated heterocycles. The molecule has 0 aliphatic rings. The van der Waals surface area contributed by atoms with E-state index in [0.717, 1.165) is 89.9 Å². The highest BCUT2D eigenvalue weighted by molar-refractivity contribution is 5.71. The first-order valence-electron chi connectivity index (χ1n) is 22.5. The van der Waals surface area contributed by atoms with Crippen LogP contribution in [-0.2, 0) is 28.6 Å². The predicted molar refractivity (Wildman–Crippen MR) is 224 cm³/mol. The highest BCUT2D eigenvalue weighted by Crippen LogP contribution is 2.13. The standard InChI is InChI=1S/C47H84O6/c1-4-7-10-13-16-19-21-23-24-26-28-31-34-37-40-46(49)52-43-44(42-51-45(48)39-36-33-30-27-18-15-12-9-6-3)53-47(50)41-38-35-32-29-25-22-20-17-14-11-8-5-2/h13,16-17,20-21,23,44H,4-12,14-15,18-19,22,24-43H2,1-3H3/b16-13-,20-17-,23-21-. The quantitative estimate of drug-likeness (QED) is 0.0269. The predicted octanol–water partition coefficient (Wildman–Crippen LogP) is 14.2. The lowest BCUT2D eigenvalue weighted by molar-refractivity contribution is -0.167. The zero-order valence-electron chi connectivity index (χ0n) is 35.0. The second kappa shape index (κ2) is 42.4. The third-order valence-electron chi connectivity index (χ3n) is 9.62.